The maximum Gasteiger partial charge on any atom is 0.231 e. The van der Waals surface area contributed by atoms with Crippen LogP contribution in [0.15, 0.2) is 54.7 Å². The average molecular weight is 282 g/mol. The lowest BCUT2D eigenvalue weighted by atomic mass is 10.1. The lowest BCUT2D eigenvalue weighted by Gasteiger charge is -2.27. The second kappa shape index (κ2) is 5.83. The van der Waals surface area contributed by atoms with E-state index in [-0.39, 0.29) is 12.1 Å². The van der Waals surface area contributed by atoms with E-state index in [9.17, 15) is 4.79 Å². The van der Waals surface area contributed by atoms with Crippen LogP contribution in [0, 0.1) is 0 Å². The van der Waals surface area contributed by atoms with Crippen LogP contribution in [0.25, 0.3) is 0 Å². The highest BCUT2D eigenvalue weighted by Crippen LogP contribution is 2.21. The second-order valence-electron chi connectivity index (χ2n) is 5.01. The summed E-state index contributed by atoms with van der Waals surface area (Å²) < 4.78 is 0. The largest absolute Gasteiger partial charge is 0.366 e. The second-order valence-corrected chi connectivity index (χ2v) is 5.01. The number of hydrogen-bond acceptors (Lipinski definition) is 4. The molecule has 0 spiro atoms. The highest BCUT2D eigenvalue weighted by molar-refractivity contribution is 5.91. The summed E-state index contributed by atoms with van der Waals surface area (Å²) in [5, 5.41) is 6.03. The normalized spacial score (nSPS) is 19.0. The van der Waals surface area contributed by atoms with E-state index in [1.165, 1.54) is 0 Å². The minimum Gasteiger partial charge on any atom is -0.366 e. The average Bonchev–Trinajstić information content (AvgIpc) is 2.97. The third kappa shape index (κ3) is 2.97. The van der Waals surface area contributed by atoms with Gasteiger partial charge in [-0.25, -0.2) is 4.98 Å². The van der Waals surface area contributed by atoms with Gasteiger partial charge in [-0.05, 0) is 30.2 Å². The molecule has 0 fully saturated rings. The Kier molecular flexibility index (Phi) is 3.73. The SMILES string of the molecule is CCc1ccc(NC(=O)CC2=CC=CC3NC=CN23)nc1. The number of hydrogen-bond donors (Lipinski definition) is 2. The van der Waals surface area contributed by atoms with Crippen molar-refractivity contribution in [3.8, 4) is 0 Å². The van der Waals surface area contributed by atoms with E-state index in [0.717, 1.165) is 17.7 Å². The molecule has 1 aromatic rings. The lowest BCUT2D eigenvalue weighted by molar-refractivity contribution is -0.115. The van der Waals surface area contributed by atoms with Gasteiger partial charge in [0.15, 0.2) is 0 Å². The van der Waals surface area contributed by atoms with Gasteiger partial charge in [-0.15, -0.1) is 0 Å². The monoisotopic (exact) mass is 282 g/mol. The molecule has 0 aliphatic carbocycles. The summed E-state index contributed by atoms with van der Waals surface area (Å²) >= 11 is 0. The van der Waals surface area contributed by atoms with Crippen LogP contribution in [0.5, 0.6) is 0 Å². The number of aryl methyl sites for hydroxylation is 1. The van der Waals surface area contributed by atoms with Crippen molar-refractivity contribution in [2.45, 2.75) is 25.9 Å². The van der Waals surface area contributed by atoms with E-state index in [2.05, 4.69) is 22.5 Å². The Morgan fingerprint density at radius 3 is 3.14 bits per heavy atom. The molecule has 1 amide bonds. The molecular formula is C16H18N4O. The smallest absolute Gasteiger partial charge is 0.231 e. The van der Waals surface area contributed by atoms with Gasteiger partial charge in [0.2, 0.25) is 5.91 Å². The van der Waals surface area contributed by atoms with Crippen LogP contribution in [0.1, 0.15) is 18.9 Å². The van der Waals surface area contributed by atoms with Crippen LogP contribution in [-0.4, -0.2) is 22.0 Å². The predicted molar refractivity (Wildman–Crippen MR) is 82.0 cm³/mol. The maximum absolute atomic E-state index is 12.1. The first kappa shape index (κ1) is 13.4. The number of carbonyl (C=O) groups excluding carboxylic acids is 1. The van der Waals surface area contributed by atoms with Crippen LogP contribution in [-0.2, 0) is 11.2 Å². The van der Waals surface area contributed by atoms with Crippen molar-refractivity contribution < 1.29 is 4.79 Å². The molecule has 2 aliphatic rings. The first-order valence-corrected chi connectivity index (χ1v) is 7.09. The van der Waals surface area contributed by atoms with Gasteiger partial charge in [0.1, 0.15) is 12.0 Å². The van der Waals surface area contributed by atoms with Crippen LogP contribution < -0.4 is 10.6 Å². The summed E-state index contributed by atoms with van der Waals surface area (Å²) in [6.07, 6.45) is 13.0. The highest BCUT2D eigenvalue weighted by atomic mass is 16.1. The summed E-state index contributed by atoms with van der Waals surface area (Å²) in [5.74, 6) is 0.531. The number of pyridine rings is 1. The fraction of sp³-hybridized carbons (Fsp3) is 0.250. The Bertz CT molecular complexity index is 616. The number of amides is 1. The van der Waals surface area contributed by atoms with Crippen LogP contribution in [0.4, 0.5) is 5.82 Å². The van der Waals surface area contributed by atoms with Crippen molar-refractivity contribution in [1.82, 2.24) is 15.2 Å². The van der Waals surface area contributed by atoms with E-state index in [1.807, 2.05) is 47.7 Å². The van der Waals surface area contributed by atoms with E-state index in [4.69, 9.17) is 0 Å². The first-order chi connectivity index (χ1) is 10.3. The zero-order valence-electron chi connectivity index (χ0n) is 11.9. The molecule has 2 N–H and O–H groups in total. The molecule has 0 aromatic carbocycles. The third-order valence-electron chi connectivity index (χ3n) is 3.56. The zero-order chi connectivity index (χ0) is 14.7. The fourth-order valence-corrected chi connectivity index (χ4v) is 2.38. The number of allylic oxidation sites excluding steroid dienone is 2. The summed E-state index contributed by atoms with van der Waals surface area (Å²) in [5.41, 5.74) is 2.12. The maximum atomic E-state index is 12.1. The van der Waals surface area contributed by atoms with E-state index < -0.39 is 0 Å². The Balaban J connectivity index is 1.62. The molecule has 5 nitrogen and oxygen atoms in total. The summed E-state index contributed by atoms with van der Waals surface area (Å²) in [6.45, 7) is 2.08. The van der Waals surface area contributed by atoms with Crippen molar-refractivity contribution in [2.75, 3.05) is 5.32 Å². The number of carbonyl (C=O) groups is 1. The van der Waals surface area contributed by atoms with Crippen molar-refractivity contribution in [3.05, 3.63) is 60.2 Å². The van der Waals surface area contributed by atoms with Gasteiger partial charge in [-0.1, -0.05) is 19.1 Å². The van der Waals surface area contributed by atoms with Gasteiger partial charge in [0, 0.05) is 24.3 Å². The minimum absolute atomic E-state index is 0.0626. The number of nitrogens with one attached hydrogen (secondary N) is 2. The number of nitrogens with zero attached hydrogens (tertiary/aromatic N) is 2. The number of fused-ring (bicyclic) bond motifs is 1. The van der Waals surface area contributed by atoms with E-state index in [0.29, 0.717) is 12.2 Å². The summed E-state index contributed by atoms with van der Waals surface area (Å²) in [6, 6.07) is 3.82. The van der Waals surface area contributed by atoms with Gasteiger partial charge >= 0.3 is 0 Å². The van der Waals surface area contributed by atoms with Gasteiger partial charge in [-0.2, -0.15) is 0 Å². The quantitative estimate of drug-likeness (QED) is 0.888. The molecule has 0 radical (unpaired) electrons. The minimum atomic E-state index is -0.0626. The van der Waals surface area contributed by atoms with Gasteiger partial charge in [0.05, 0.1) is 6.42 Å². The van der Waals surface area contributed by atoms with Crippen LogP contribution >= 0.6 is 0 Å². The lowest BCUT2D eigenvalue weighted by Crippen LogP contribution is -2.35. The third-order valence-corrected chi connectivity index (χ3v) is 3.56. The van der Waals surface area contributed by atoms with Crippen molar-refractivity contribution in [1.29, 1.82) is 0 Å². The van der Waals surface area contributed by atoms with Crippen molar-refractivity contribution in [2.24, 2.45) is 0 Å². The molecule has 3 rings (SSSR count). The molecule has 1 unspecified atom stereocenters. The number of rotatable bonds is 4. The molecule has 3 heterocycles. The molecule has 108 valence electrons. The van der Waals surface area contributed by atoms with E-state index >= 15 is 0 Å². The van der Waals surface area contributed by atoms with Crippen molar-refractivity contribution >= 4 is 11.7 Å². The van der Waals surface area contributed by atoms with Gasteiger partial charge in [0.25, 0.3) is 0 Å². The Morgan fingerprint density at radius 2 is 2.38 bits per heavy atom. The molecule has 0 saturated heterocycles. The van der Waals surface area contributed by atoms with Crippen molar-refractivity contribution in [3.63, 3.8) is 0 Å². The predicted octanol–water partition coefficient (Wildman–Crippen LogP) is 2.13. The van der Waals surface area contributed by atoms with E-state index in [1.54, 1.807) is 6.20 Å². The zero-order valence-corrected chi connectivity index (χ0v) is 11.9. The fourth-order valence-electron chi connectivity index (χ4n) is 2.38. The number of aromatic nitrogens is 1. The summed E-state index contributed by atoms with van der Waals surface area (Å²) in [7, 11) is 0. The number of anilines is 1. The van der Waals surface area contributed by atoms with Crippen LogP contribution in [0.3, 0.4) is 0 Å². The molecule has 5 heteroatoms. The van der Waals surface area contributed by atoms with Gasteiger partial charge in [-0.3, -0.25) is 4.79 Å². The topological polar surface area (TPSA) is 57.3 Å². The molecule has 0 saturated carbocycles. The molecule has 1 atom stereocenters. The molecule has 2 aliphatic heterocycles. The molecule has 1 aromatic heterocycles. The molecular weight excluding hydrogens is 264 g/mol. The Hall–Kier alpha value is -2.56. The van der Waals surface area contributed by atoms with Crippen LogP contribution in [0.2, 0.25) is 0 Å². The molecule has 0 bridgehead atoms. The summed E-state index contributed by atoms with van der Waals surface area (Å²) in [4.78, 5) is 18.4. The Morgan fingerprint density at radius 1 is 1.48 bits per heavy atom. The van der Waals surface area contributed by atoms with Gasteiger partial charge < -0.3 is 15.5 Å². The highest BCUT2D eigenvalue weighted by Gasteiger charge is 2.23. The standard InChI is InChI=1S/C16H18N4O/c1-2-12-6-7-14(18-11-12)19-16(21)10-13-4-3-5-15-17-8-9-20(13)15/h3-9,11,15,17H,2,10H2,1H3,(H,18,19,21). The molecule has 21 heavy (non-hydrogen) atoms. The Labute approximate surface area is 124 Å². The first-order valence-electron chi connectivity index (χ1n) is 7.09.